The van der Waals surface area contributed by atoms with Gasteiger partial charge in [-0.25, -0.2) is 4.57 Å². The summed E-state index contributed by atoms with van der Waals surface area (Å²) >= 11 is 0. The molecule has 5 aromatic rings. The normalized spacial score (nSPS) is 18.0. The van der Waals surface area contributed by atoms with Crippen molar-refractivity contribution in [1.82, 2.24) is 4.57 Å². The van der Waals surface area contributed by atoms with E-state index in [9.17, 15) is 0 Å². The van der Waals surface area contributed by atoms with Gasteiger partial charge in [-0.2, -0.15) is 4.57 Å². The molecule has 1 aliphatic heterocycles. The van der Waals surface area contributed by atoms with E-state index < -0.39 is 0 Å². The Morgan fingerprint density at radius 2 is 1.45 bits per heavy atom. The topological polar surface area (TPSA) is 8.81 Å². The van der Waals surface area contributed by atoms with Crippen LogP contribution in [0.25, 0.3) is 38.9 Å². The lowest BCUT2D eigenvalue weighted by molar-refractivity contribution is -0.689. The number of rotatable bonds is 1. The molecule has 0 radical (unpaired) electrons. The van der Waals surface area contributed by atoms with Crippen LogP contribution < -0.4 is 4.57 Å². The molecule has 140 valence electrons. The van der Waals surface area contributed by atoms with Crippen LogP contribution in [-0.4, -0.2) is 4.57 Å². The Morgan fingerprint density at radius 3 is 2.38 bits per heavy atom. The van der Waals surface area contributed by atoms with Crippen LogP contribution in [-0.2, 0) is 0 Å². The maximum Gasteiger partial charge on any atom is 0.295 e. The van der Waals surface area contributed by atoms with Gasteiger partial charge in [-0.3, -0.25) is 0 Å². The third kappa shape index (κ3) is 2.20. The van der Waals surface area contributed by atoms with Crippen LogP contribution in [0.5, 0.6) is 0 Å². The molecule has 0 N–H and O–H groups in total. The van der Waals surface area contributed by atoms with Gasteiger partial charge >= 0.3 is 0 Å². The molecule has 2 nitrogen and oxygen atoms in total. The molecule has 2 heteroatoms. The second-order valence-electron chi connectivity index (χ2n) is 8.13. The molecule has 0 aliphatic carbocycles. The maximum absolute atomic E-state index is 2.55. The summed E-state index contributed by atoms with van der Waals surface area (Å²) in [5, 5.41) is 2.55. The summed E-state index contributed by atoms with van der Waals surface area (Å²) in [7, 11) is 0. The molecule has 2 heterocycles. The molecule has 0 fully saturated rings. The Balaban J connectivity index is 1.83. The van der Waals surface area contributed by atoms with Crippen molar-refractivity contribution in [2.45, 2.75) is 25.8 Å². The van der Waals surface area contributed by atoms with Crippen LogP contribution in [0.2, 0.25) is 0 Å². The van der Waals surface area contributed by atoms with Gasteiger partial charge in [0, 0.05) is 11.3 Å². The number of hydrogen-bond acceptors (Lipinski definition) is 0. The van der Waals surface area contributed by atoms with Crippen LogP contribution in [0, 0.1) is 0 Å². The van der Waals surface area contributed by atoms with Gasteiger partial charge in [-0.1, -0.05) is 73.7 Å². The number of aromatic nitrogens is 2. The average molecular weight is 375 g/mol. The van der Waals surface area contributed by atoms with Crippen molar-refractivity contribution >= 4 is 21.8 Å². The van der Waals surface area contributed by atoms with Gasteiger partial charge in [-0.05, 0) is 42.1 Å². The minimum Gasteiger partial charge on any atom is -0.219 e. The van der Waals surface area contributed by atoms with E-state index in [0.29, 0.717) is 12.0 Å². The highest BCUT2D eigenvalue weighted by Crippen LogP contribution is 2.41. The fraction of sp³-hybridized carbons (Fsp3) is 0.148. The van der Waals surface area contributed by atoms with E-state index in [1.807, 2.05) is 0 Å². The fourth-order valence-corrected chi connectivity index (χ4v) is 5.08. The SMILES string of the molecule is CC1c2ccccc2-c2n(-c3cccc4ccccc34)c3ccccc3[n+]2C1C. The van der Waals surface area contributed by atoms with Gasteiger partial charge < -0.3 is 0 Å². The Bertz CT molecular complexity index is 1390. The van der Waals surface area contributed by atoms with E-state index >= 15 is 0 Å². The highest BCUT2D eigenvalue weighted by Gasteiger charge is 2.39. The molecule has 0 bridgehead atoms. The minimum absolute atomic E-state index is 0.390. The van der Waals surface area contributed by atoms with Gasteiger partial charge in [-0.15, -0.1) is 0 Å². The zero-order chi connectivity index (χ0) is 19.5. The number of imidazole rings is 1. The third-order valence-electron chi connectivity index (χ3n) is 6.65. The van der Waals surface area contributed by atoms with Crippen molar-refractivity contribution in [1.29, 1.82) is 0 Å². The van der Waals surface area contributed by atoms with Crippen molar-refractivity contribution in [3.05, 3.63) is 96.6 Å². The number of hydrogen-bond donors (Lipinski definition) is 0. The molecule has 1 aliphatic rings. The van der Waals surface area contributed by atoms with Crippen molar-refractivity contribution in [3.8, 4) is 17.1 Å². The van der Waals surface area contributed by atoms with E-state index in [0.717, 1.165) is 0 Å². The lowest BCUT2D eigenvalue weighted by atomic mass is 9.86. The van der Waals surface area contributed by atoms with Crippen LogP contribution in [0.1, 0.15) is 31.4 Å². The third-order valence-corrected chi connectivity index (χ3v) is 6.65. The Labute approximate surface area is 170 Å². The highest BCUT2D eigenvalue weighted by molar-refractivity contribution is 5.93. The summed E-state index contributed by atoms with van der Waals surface area (Å²) in [5.74, 6) is 1.75. The highest BCUT2D eigenvalue weighted by atomic mass is 15.2. The molecule has 0 saturated carbocycles. The van der Waals surface area contributed by atoms with E-state index in [-0.39, 0.29) is 0 Å². The van der Waals surface area contributed by atoms with Crippen LogP contribution in [0.3, 0.4) is 0 Å². The van der Waals surface area contributed by atoms with Crippen molar-refractivity contribution in [2.24, 2.45) is 0 Å². The van der Waals surface area contributed by atoms with Crippen molar-refractivity contribution in [2.75, 3.05) is 0 Å². The second kappa shape index (κ2) is 6.05. The van der Waals surface area contributed by atoms with Gasteiger partial charge in [0.15, 0.2) is 11.0 Å². The van der Waals surface area contributed by atoms with Crippen LogP contribution >= 0.6 is 0 Å². The molecule has 0 saturated heterocycles. The zero-order valence-corrected chi connectivity index (χ0v) is 16.7. The zero-order valence-electron chi connectivity index (χ0n) is 16.7. The second-order valence-corrected chi connectivity index (χ2v) is 8.13. The summed E-state index contributed by atoms with van der Waals surface area (Å²) in [6.45, 7) is 4.70. The smallest absolute Gasteiger partial charge is 0.219 e. The quantitative estimate of drug-likeness (QED) is 0.299. The largest absolute Gasteiger partial charge is 0.295 e. The van der Waals surface area contributed by atoms with E-state index in [1.54, 1.807) is 0 Å². The maximum atomic E-state index is 2.55. The van der Waals surface area contributed by atoms with Crippen molar-refractivity contribution in [3.63, 3.8) is 0 Å². The summed E-state index contributed by atoms with van der Waals surface area (Å²) in [6.07, 6.45) is 0. The van der Waals surface area contributed by atoms with Gasteiger partial charge in [0.05, 0.1) is 5.56 Å². The summed E-state index contributed by atoms with van der Waals surface area (Å²) in [4.78, 5) is 0. The fourth-order valence-electron chi connectivity index (χ4n) is 5.08. The van der Waals surface area contributed by atoms with E-state index in [1.165, 1.54) is 44.4 Å². The number of para-hydroxylation sites is 2. The monoisotopic (exact) mass is 375 g/mol. The van der Waals surface area contributed by atoms with E-state index in [2.05, 4.69) is 114 Å². The molecule has 29 heavy (non-hydrogen) atoms. The molecule has 0 amide bonds. The summed E-state index contributed by atoms with van der Waals surface area (Å²) in [5.41, 5.74) is 6.56. The molecule has 4 aromatic carbocycles. The standard InChI is InChI=1S/C27H23N2/c1-18-19(2)28-25-15-7-8-16-26(25)29(27(28)23-14-6-5-12-21(18)23)24-17-9-11-20-10-3-4-13-22(20)24/h3-19H,1-2H3/q+1. The number of fused-ring (bicyclic) bond motifs is 6. The molecule has 0 spiro atoms. The number of nitrogens with zero attached hydrogens (tertiary/aromatic N) is 2. The van der Waals surface area contributed by atoms with Crippen molar-refractivity contribution < 1.29 is 4.57 Å². The lowest BCUT2D eigenvalue weighted by Crippen LogP contribution is -2.45. The predicted molar refractivity (Wildman–Crippen MR) is 120 cm³/mol. The molecular formula is C27H23N2+. The first-order chi connectivity index (χ1) is 14.3. The first kappa shape index (κ1) is 16.6. The molecule has 2 atom stereocenters. The molecule has 1 aromatic heterocycles. The summed E-state index contributed by atoms with van der Waals surface area (Å²) < 4.78 is 5.02. The minimum atomic E-state index is 0.390. The lowest BCUT2D eigenvalue weighted by Gasteiger charge is -2.26. The molecular weight excluding hydrogens is 352 g/mol. The Kier molecular flexibility index (Phi) is 3.45. The van der Waals surface area contributed by atoms with Gasteiger partial charge in [0.25, 0.3) is 5.82 Å². The number of benzene rings is 4. The molecule has 6 rings (SSSR count). The Morgan fingerprint density at radius 1 is 0.724 bits per heavy atom. The predicted octanol–water partition coefficient (Wildman–Crippen LogP) is 6.42. The average Bonchev–Trinajstić information content (AvgIpc) is 3.12. The first-order valence-corrected chi connectivity index (χ1v) is 10.4. The summed E-state index contributed by atoms with van der Waals surface area (Å²) in [6, 6.07) is 33.4. The van der Waals surface area contributed by atoms with Crippen LogP contribution in [0.15, 0.2) is 91.0 Å². The van der Waals surface area contributed by atoms with Gasteiger partial charge in [0.2, 0.25) is 0 Å². The van der Waals surface area contributed by atoms with Crippen LogP contribution in [0.4, 0.5) is 0 Å². The first-order valence-electron chi connectivity index (χ1n) is 10.4. The molecule has 2 unspecified atom stereocenters. The van der Waals surface area contributed by atoms with E-state index in [4.69, 9.17) is 0 Å². The Hall–Kier alpha value is -3.39. The van der Waals surface area contributed by atoms with Gasteiger partial charge in [0.1, 0.15) is 11.7 Å².